The quantitative estimate of drug-likeness (QED) is 0.241. The minimum absolute atomic E-state index is 0.0415. The van der Waals surface area contributed by atoms with Crippen molar-refractivity contribution in [2.45, 2.75) is 38.4 Å². The molecule has 2 atom stereocenters. The third kappa shape index (κ3) is 8.21. The fraction of sp³-hybridized carbons (Fsp3) is 0.333. The van der Waals surface area contributed by atoms with Gasteiger partial charge in [0.15, 0.2) is 5.82 Å². The highest BCUT2D eigenvalue weighted by molar-refractivity contribution is 5.80. The Labute approximate surface area is 235 Å². The number of benzene rings is 2. The van der Waals surface area contributed by atoms with E-state index in [1.54, 1.807) is 0 Å². The Hall–Kier alpha value is -4.14. The van der Waals surface area contributed by atoms with Crippen LogP contribution in [0.5, 0.6) is 0 Å². The summed E-state index contributed by atoms with van der Waals surface area (Å²) < 4.78 is 111. The molecule has 1 N–H and O–H groups in total. The number of ether oxygens (including phenoxy) is 1. The highest BCUT2D eigenvalue weighted by Crippen LogP contribution is 2.34. The van der Waals surface area contributed by atoms with Gasteiger partial charge in [-0.05, 0) is 61.9 Å². The van der Waals surface area contributed by atoms with Crippen molar-refractivity contribution in [3.8, 4) is 0 Å². The maximum Gasteiger partial charge on any atom is 0.419 e. The molecule has 2 heterocycles. The first-order chi connectivity index (χ1) is 19.7. The van der Waals surface area contributed by atoms with Gasteiger partial charge in [-0.3, -0.25) is 4.99 Å². The number of halogens is 8. The largest absolute Gasteiger partial charge is 0.419 e. The normalized spacial score (nSPS) is 18.3. The number of hydrogen-bond acceptors (Lipinski definition) is 7. The number of morpholine rings is 1. The maximum absolute atomic E-state index is 13.8. The van der Waals surface area contributed by atoms with Crippen molar-refractivity contribution >= 4 is 29.9 Å². The van der Waals surface area contributed by atoms with Gasteiger partial charge in [-0.1, -0.05) is 6.08 Å². The zero-order valence-electron chi connectivity index (χ0n) is 22.1. The molecule has 0 spiro atoms. The van der Waals surface area contributed by atoms with Crippen molar-refractivity contribution in [2.75, 3.05) is 29.9 Å². The van der Waals surface area contributed by atoms with Gasteiger partial charge in [-0.15, -0.1) is 0 Å². The molecule has 1 aliphatic rings. The molecular weight excluding hydrogens is 576 g/mol. The van der Waals surface area contributed by atoms with Crippen LogP contribution in [0.15, 0.2) is 47.5 Å². The number of aromatic nitrogens is 3. The molecule has 4 rings (SSSR count). The first kappa shape index (κ1) is 30.8. The smallest absolute Gasteiger partial charge is 0.372 e. The Morgan fingerprint density at radius 1 is 0.952 bits per heavy atom. The monoisotopic (exact) mass is 600 g/mol. The third-order valence-corrected chi connectivity index (χ3v) is 5.84. The van der Waals surface area contributed by atoms with Gasteiger partial charge in [0.1, 0.15) is 11.6 Å². The number of nitrogens with zero attached hydrogens (tertiary/aromatic N) is 5. The third-order valence-electron chi connectivity index (χ3n) is 5.84. The standard InChI is InChI=1S/C27H24F8N6O/c1-15-13-41(14-16(2)42-15)25-39-23(4-3-7-36-12-17-8-18(26(30,31)32)10-19(28)9-17)38-24(40-25)37-20-5-6-22(29)21(11-20)27(33,34)35/h3-6,8-12,15-16H,7,13-14H2,1-2H3,(H,37,38,39,40)/b4-3+,36-12?. The lowest BCUT2D eigenvalue weighted by Gasteiger charge is -2.35. The molecule has 0 aliphatic carbocycles. The van der Waals surface area contributed by atoms with Crippen molar-refractivity contribution in [3.05, 3.63) is 76.6 Å². The van der Waals surface area contributed by atoms with Crippen molar-refractivity contribution in [1.82, 2.24) is 15.0 Å². The van der Waals surface area contributed by atoms with Gasteiger partial charge in [0.25, 0.3) is 0 Å². The predicted molar refractivity (Wildman–Crippen MR) is 140 cm³/mol. The van der Waals surface area contributed by atoms with E-state index in [4.69, 9.17) is 4.74 Å². The number of nitrogens with one attached hydrogen (secondary N) is 1. The molecule has 0 amide bonds. The van der Waals surface area contributed by atoms with Crippen LogP contribution in [0, 0.1) is 11.6 Å². The zero-order chi connectivity index (χ0) is 30.7. The minimum atomic E-state index is -4.92. The van der Waals surface area contributed by atoms with E-state index < -0.39 is 35.1 Å². The lowest BCUT2D eigenvalue weighted by atomic mass is 10.1. The number of anilines is 3. The summed E-state index contributed by atoms with van der Waals surface area (Å²) in [5.74, 6) is -2.32. The lowest BCUT2D eigenvalue weighted by Crippen LogP contribution is -2.46. The number of alkyl halides is 6. The van der Waals surface area contributed by atoms with Gasteiger partial charge in [-0.25, -0.2) is 8.78 Å². The van der Waals surface area contributed by atoms with E-state index in [2.05, 4.69) is 25.3 Å². The van der Waals surface area contributed by atoms with Crippen LogP contribution < -0.4 is 10.2 Å². The van der Waals surface area contributed by atoms with Gasteiger partial charge >= 0.3 is 12.4 Å². The van der Waals surface area contributed by atoms with Gasteiger partial charge in [-0.2, -0.15) is 41.3 Å². The first-order valence-electron chi connectivity index (χ1n) is 12.5. The molecule has 1 aromatic heterocycles. The zero-order valence-corrected chi connectivity index (χ0v) is 22.1. The summed E-state index contributed by atoms with van der Waals surface area (Å²) in [5, 5.41) is 2.65. The minimum Gasteiger partial charge on any atom is -0.372 e. The lowest BCUT2D eigenvalue weighted by molar-refractivity contribution is -0.140. The summed E-state index contributed by atoms with van der Waals surface area (Å²) in [5.41, 5.74) is -2.81. The summed E-state index contributed by atoms with van der Waals surface area (Å²) >= 11 is 0. The summed E-state index contributed by atoms with van der Waals surface area (Å²) in [4.78, 5) is 18.7. The van der Waals surface area contributed by atoms with Crippen LogP contribution in [0.4, 0.5) is 52.7 Å². The average molecular weight is 601 g/mol. The summed E-state index contributed by atoms with van der Waals surface area (Å²) in [6, 6.07) is 4.42. The van der Waals surface area contributed by atoms with E-state index >= 15 is 0 Å². The van der Waals surface area contributed by atoms with Crippen LogP contribution >= 0.6 is 0 Å². The molecule has 42 heavy (non-hydrogen) atoms. The van der Waals surface area contributed by atoms with E-state index in [-0.39, 0.29) is 47.7 Å². The highest BCUT2D eigenvalue weighted by atomic mass is 19.4. The Bertz CT molecular complexity index is 1460. The van der Waals surface area contributed by atoms with Crippen LogP contribution in [-0.2, 0) is 17.1 Å². The Kier molecular flexibility index (Phi) is 9.09. The summed E-state index contributed by atoms with van der Waals surface area (Å²) in [6.45, 7) is 4.51. The maximum atomic E-state index is 13.8. The molecule has 0 radical (unpaired) electrons. The Balaban J connectivity index is 1.58. The van der Waals surface area contributed by atoms with Gasteiger partial charge < -0.3 is 15.0 Å². The van der Waals surface area contributed by atoms with Crippen LogP contribution in [0.25, 0.3) is 6.08 Å². The molecule has 2 unspecified atom stereocenters. The van der Waals surface area contributed by atoms with E-state index in [1.165, 1.54) is 12.2 Å². The van der Waals surface area contributed by atoms with E-state index in [0.29, 0.717) is 31.3 Å². The number of hydrogen-bond donors (Lipinski definition) is 1. The second-order valence-electron chi connectivity index (χ2n) is 9.46. The summed E-state index contributed by atoms with van der Waals surface area (Å²) in [6.07, 6.45) is -5.97. The molecule has 7 nitrogen and oxygen atoms in total. The SMILES string of the molecule is CC1CN(c2nc(/C=C/CN=Cc3cc(F)cc(C(F)(F)F)c3)nc(Nc3ccc(F)c(C(F)(F)F)c3)n2)CC(C)O1. The first-order valence-corrected chi connectivity index (χ1v) is 12.5. The predicted octanol–water partition coefficient (Wildman–Crippen LogP) is 6.68. The molecule has 1 saturated heterocycles. The van der Waals surface area contributed by atoms with Crippen molar-refractivity contribution < 1.29 is 39.9 Å². The molecule has 1 fully saturated rings. The molecule has 1 aliphatic heterocycles. The van der Waals surface area contributed by atoms with Gasteiger partial charge in [0.05, 0.1) is 29.9 Å². The van der Waals surface area contributed by atoms with E-state index in [9.17, 15) is 35.1 Å². The van der Waals surface area contributed by atoms with E-state index in [1.807, 2.05) is 18.7 Å². The Morgan fingerprint density at radius 2 is 1.67 bits per heavy atom. The second-order valence-corrected chi connectivity index (χ2v) is 9.46. The van der Waals surface area contributed by atoms with Gasteiger partial charge in [0, 0.05) is 25.0 Å². The fourth-order valence-corrected chi connectivity index (χ4v) is 4.17. The molecular formula is C27H24F8N6O. The molecule has 0 bridgehead atoms. The molecule has 0 saturated carbocycles. The van der Waals surface area contributed by atoms with Crippen LogP contribution in [0.3, 0.4) is 0 Å². The fourth-order valence-electron chi connectivity index (χ4n) is 4.17. The topological polar surface area (TPSA) is 75.5 Å². The molecule has 3 aromatic rings. The highest BCUT2D eigenvalue weighted by Gasteiger charge is 2.34. The summed E-state index contributed by atoms with van der Waals surface area (Å²) in [7, 11) is 0. The molecule has 15 heteroatoms. The number of rotatable bonds is 7. The number of aliphatic imine (C=N–C) groups is 1. The molecule has 224 valence electrons. The molecule has 2 aromatic carbocycles. The van der Waals surface area contributed by atoms with Gasteiger partial charge in [0.2, 0.25) is 11.9 Å². The van der Waals surface area contributed by atoms with Crippen molar-refractivity contribution in [3.63, 3.8) is 0 Å². The van der Waals surface area contributed by atoms with E-state index in [0.717, 1.165) is 24.4 Å². The average Bonchev–Trinajstić information content (AvgIpc) is 2.87. The van der Waals surface area contributed by atoms with Crippen molar-refractivity contribution in [1.29, 1.82) is 0 Å². The van der Waals surface area contributed by atoms with Crippen LogP contribution in [0.1, 0.15) is 36.4 Å². The Morgan fingerprint density at radius 3 is 2.33 bits per heavy atom. The second kappa shape index (κ2) is 12.4. The van der Waals surface area contributed by atoms with Crippen molar-refractivity contribution in [2.24, 2.45) is 4.99 Å². The van der Waals surface area contributed by atoms with Crippen LogP contribution in [0.2, 0.25) is 0 Å². The van der Waals surface area contributed by atoms with Crippen LogP contribution in [-0.4, -0.2) is 53.0 Å².